The molecule has 1 N–H and O–H groups in total. The molecule has 0 bridgehead atoms. The Bertz CT molecular complexity index is 1040. The highest BCUT2D eigenvalue weighted by molar-refractivity contribution is 6.31. The number of imidazole rings is 1. The Balaban J connectivity index is 1.74. The average molecular weight is 397 g/mol. The number of halogens is 1. The minimum atomic E-state index is -0.325. The molecule has 0 atom stereocenters. The van der Waals surface area contributed by atoms with Gasteiger partial charge >= 0.3 is 0 Å². The van der Waals surface area contributed by atoms with Crippen molar-refractivity contribution >= 4 is 40.8 Å². The summed E-state index contributed by atoms with van der Waals surface area (Å²) < 4.78 is 1.80. The molecule has 0 unspecified atom stereocenters. The molecule has 2 amide bonds. The molecule has 3 rings (SSSR count). The van der Waals surface area contributed by atoms with Crippen LogP contribution in [0, 0.1) is 0 Å². The summed E-state index contributed by atoms with van der Waals surface area (Å²) in [7, 11) is 0. The summed E-state index contributed by atoms with van der Waals surface area (Å²) in [6, 6.07) is 12.5. The van der Waals surface area contributed by atoms with E-state index in [1.807, 2.05) is 38.2 Å². The lowest BCUT2D eigenvalue weighted by atomic mass is 10.1. The second kappa shape index (κ2) is 8.71. The highest BCUT2D eigenvalue weighted by atomic mass is 35.5. The Morgan fingerprint density at radius 2 is 1.96 bits per heavy atom. The zero-order valence-electron chi connectivity index (χ0n) is 15.7. The van der Waals surface area contributed by atoms with Gasteiger partial charge in [0.05, 0.1) is 5.69 Å². The molecule has 2 aromatic heterocycles. The van der Waals surface area contributed by atoms with Crippen molar-refractivity contribution < 1.29 is 9.59 Å². The Hall–Kier alpha value is -3.12. The monoisotopic (exact) mass is 396 g/mol. The topological polar surface area (TPSA) is 66.7 Å². The predicted molar refractivity (Wildman–Crippen MR) is 112 cm³/mol. The second-order valence-electron chi connectivity index (χ2n) is 6.10. The molecule has 0 aliphatic heterocycles. The van der Waals surface area contributed by atoms with Gasteiger partial charge < -0.3 is 10.2 Å². The van der Waals surface area contributed by atoms with E-state index in [1.165, 1.54) is 6.08 Å². The maximum absolute atomic E-state index is 12.5. The molecule has 0 aliphatic carbocycles. The van der Waals surface area contributed by atoms with Crippen LogP contribution in [-0.4, -0.2) is 39.2 Å². The van der Waals surface area contributed by atoms with Gasteiger partial charge in [0.15, 0.2) is 5.15 Å². The molecular weight excluding hydrogens is 376 g/mol. The summed E-state index contributed by atoms with van der Waals surface area (Å²) in [5.41, 5.74) is 2.42. The third-order valence-corrected chi connectivity index (χ3v) is 4.62. The Kier molecular flexibility index (Phi) is 6.11. The van der Waals surface area contributed by atoms with Crippen molar-refractivity contribution in [3.8, 4) is 0 Å². The summed E-state index contributed by atoms with van der Waals surface area (Å²) in [5.74, 6) is -0.386. The van der Waals surface area contributed by atoms with E-state index in [0.717, 1.165) is 0 Å². The quantitative estimate of drug-likeness (QED) is 0.637. The Morgan fingerprint density at radius 1 is 1.18 bits per heavy atom. The van der Waals surface area contributed by atoms with Crippen molar-refractivity contribution in [2.75, 3.05) is 18.4 Å². The first-order valence-electron chi connectivity index (χ1n) is 9.04. The fourth-order valence-corrected chi connectivity index (χ4v) is 3.14. The molecule has 6 nitrogen and oxygen atoms in total. The predicted octanol–water partition coefficient (Wildman–Crippen LogP) is 4.12. The summed E-state index contributed by atoms with van der Waals surface area (Å²) in [6.07, 6.45) is 4.83. The molecule has 0 saturated carbocycles. The number of rotatable bonds is 6. The third-order valence-electron chi connectivity index (χ3n) is 4.34. The number of pyridine rings is 1. The fraction of sp³-hybridized carbons (Fsp3) is 0.190. The van der Waals surface area contributed by atoms with Crippen molar-refractivity contribution in [1.29, 1.82) is 0 Å². The smallest absolute Gasteiger partial charge is 0.253 e. The third kappa shape index (κ3) is 4.23. The first-order valence-corrected chi connectivity index (χ1v) is 9.42. The van der Waals surface area contributed by atoms with Crippen LogP contribution in [0.15, 0.2) is 54.7 Å². The molecule has 7 heteroatoms. The molecule has 2 heterocycles. The molecule has 28 heavy (non-hydrogen) atoms. The minimum Gasteiger partial charge on any atom is -0.339 e. The highest BCUT2D eigenvalue weighted by Crippen LogP contribution is 2.19. The number of nitrogens with zero attached hydrogens (tertiary/aromatic N) is 3. The molecule has 1 aromatic carbocycles. The van der Waals surface area contributed by atoms with E-state index in [1.54, 1.807) is 39.6 Å². The first kappa shape index (κ1) is 19.6. The van der Waals surface area contributed by atoms with Gasteiger partial charge in [0.2, 0.25) is 5.91 Å². The number of amides is 2. The number of anilines is 1. The van der Waals surface area contributed by atoms with E-state index in [0.29, 0.717) is 40.8 Å². The van der Waals surface area contributed by atoms with Crippen molar-refractivity contribution in [3.05, 3.63) is 71.1 Å². The van der Waals surface area contributed by atoms with Crippen molar-refractivity contribution in [1.82, 2.24) is 14.3 Å². The van der Waals surface area contributed by atoms with Gasteiger partial charge in [-0.05, 0) is 50.3 Å². The lowest BCUT2D eigenvalue weighted by molar-refractivity contribution is -0.111. The zero-order chi connectivity index (χ0) is 20.1. The number of aromatic nitrogens is 2. The van der Waals surface area contributed by atoms with Crippen LogP contribution in [-0.2, 0) is 4.79 Å². The van der Waals surface area contributed by atoms with Crippen LogP contribution in [0.3, 0.4) is 0 Å². The molecule has 0 fully saturated rings. The van der Waals surface area contributed by atoms with Gasteiger partial charge in [0, 0.05) is 36.6 Å². The van der Waals surface area contributed by atoms with Crippen LogP contribution in [0.25, 0.3) is 11.7 Å². The highest BCUT2D eigenvalue weighted by Gasteiger charge is 2.13. The van der Waals surface area contributed by atoms with Gasteiger partial charge in [-0.2, -0.15) is 0 Å². The van der Waals surface area contributed by atoms with Crippen LogP contribution in [0.1, 0.15) is 29.9 Å². The van der Waals surface area contributed by atoms with E-state index in [4.69, 9.17) is 11.6 Å². The Labute approximate surface area is 168 Å². The molecule has 3 aromatic rings. The number of carbonyl (C=O) groups is 2. The largest absolute Gasteiger partial charge is 0.339 e. The van der Waals surface area contributed by atoms with Crippen LogP contribution in [0.5, 0.6) is 0 Å². The maximum Gasteiger partial charge on any atom is 0.253 e. The van der Waals surface area contributed by atoms with E-state index in [-0.39, 0.29) is 11.8 Å². The van der Waals surface area contributed by atoms with Gasteiger partial charge in [0.1, 0.15) is 5.65 Å². The van der Waals surface area contributed by atoms with Gasteiger partial charge in [-0.3, -0.25) is 14.0 Å². The van der Waals surface area contributed by atoms with E-state index < -0.39 is 0 Å². The summed E-state index contributed by atoms with van der Waals surface area (Å²) in [6.45, 7) is 5.13. The van der Waals surface area contributed by atoms with Gasteiger partial charge in [0.25, 0.3) is 5.91 Å². The van der Waals surface area contributed by atoms with Crippen molar-refractivity contribution in [2.45, 2.75) is 13.8 Å². The van der Waals surface area contributed by atoms with Gasteiger partial charge in [-0.15, -0.1) is 0 Å². The Morgan fingerprint density at radius 3 is 2.71 bits per heavy atom. The molecule has 0 radical (unpaired) electrons. The van der Waals surface area contributed by atoms with Gasteiger partial charge in [-0.1, -0.05) is 23.7 Å². The first-order chi connectivity index (χ1) is 13.5. The summed E-state index contributed by atoms with van der Waals surface area (Å²) >= 11 is 6.17. The van der Waals surface area contributed by atoms with Crippen LogP contribution >= 0.6 is 11.6 Å². The number of benzene rings is 1. The van der Waals surface area contributed by atoms with E-state index in [9.17, 15) is 9.59 Å². The lowest BCUT2D eigenvalue weighted by Crippen LogP contribution is -2.30. The van der Waals surface area contributed by atoms with Gasteiger partial charge in [-0.25, -0.2) is 4.98 Å². The SMILES string of the molecule is CCN(CC)C(=O)c1cccc(NC(=O)/C=C/c2c(Cl)nc3ccccn23)c1. The standard InChI is InChI=1S/C21H21ClN4O2/c1-3-25(4-2)21(28)15-8-7-9-16(14-15)23-19(27)12-11-17-20(22)24-18-10-5-6-13-26(17)18/h5-14H,3-4H2,1-2H3,(H,23,27)/b12-11+. The maximum atomic E-state index is 12.5. The number of nitrogens with one attached hydrogen (secondary N) is 1. The number of hydrogen-bond donors (Lipinski definition) is 1. The van der Waals surface area contributed by atoms with Crippen molar-refractivity contribution in [2.24, 2.45) is 0 Å². The number of hydrogen-bond acceptors (Lipinski definition) is 3. The normalized spacial score (nSPS) is 11.1. The minimum absolute atomic E-state index is 0.0610. The summed E-state index contributed by atoms with van der Waals surface area (Å²) in [4.78, 5) is 30.8. The second-order valence-corrected chi connectivity index (χ2v) is 6.46. The summed E-state index contributed by atoms with van der Waals surface area (Å²) in [5, 5.41) is 3.09. The molecule has 0 aliphatic rings. The van der Waals surface area contributed by atoms with Crippen molar-refractivity contribution in [3.63, 3.8) is 0 Å². The average Bonchev–Trinajstić information content (AvgIpc) is 3.02. The van der Waals surface area contributed by atoms with Crippen LogP contribution in [0.2, 0.25) is 5.15 Å². The lowest BCUT2D eigenvalue weighted by Gasteiger charge is -2.18. The van der Waals surface area contributed by atoms with E-state index >= 15 is 0 Å². The molecule has 144 valence electrons. The van der Waals surface area contributed by atoms with Crippen LogP contribution < -0.4 is 5.32 Å². The molecule has 0 saturated heterocycles. The number of carbonyl (C=O) groups excluding carboxylic acids is 2. The molecule has 0 spiro atoms. The van der Waals surface area contributed by atoms with E-state index in [2.05, 4.69) is 10.3 Å². The fourth-order valence-electron chi connectivity index (χ4n) is 2.90. The number of fused-ring (bicyclic) bond motifs is 1. The molecular formula is C21H21ClN4O2. The van der Waals surface area contributed by atoms with Crippen LogP contribution in [0.4, 0.5) is 5.69 Å². The zero-order valence-corrected chi connectivity index (χ0v) is 16.5.